The Bertz CT molecular complexity index is 594. The predicted octanol–water partition coefficient (Wildman–Crippen LogP) is 1.21. The van der Waals surface area contributed by atoms with Gasteiger partial charge in [0.25, 0.3) is 5.91 Å². The predicted molar refractivity (Wildman–Crippen MR) is 75.3 cm³/mol. The van der Waals surface area contributed by atoms with Crippen molar-refractivity contribution in [3.05, 3.63) is 35.5 Å². The van der Waals surface area contributed by atoms with Crippen molar-refractivity contribution in [2.45, 2.75) is 20.4 Å². The third-order valence-corrected chi connectivity index (χ3v) is 2.73. The molecule has 0 atom stereocenters. The van der Waals surface area contributed by atoms with E-state index in [2.05, 4.69) is 25.5 Å². The lowest BCUT2D eigenvalue weighted by atomic mass is 10.2. The monoisotopic (exact) mass is 274 g/mol. The number of aromatic amines is 1. The number of hydrogen-bond donors (Lipinski definition) is 2. The molecule has 0 unspecified atom stereocenters. The number of nitrogens with zero attached hydrogens (tertiary/aromatic N) is 4. The molecule has 0 bridgehead atoms. The zero-order valence-electron chi connectivity index (χ0n) is 11.8. The van der Waals surface area contributed by atoms with Crippen LogP contribution in [0.15, 0.2) is 18.3 Å². The Hall–Kier alpha value is -2.44. The Kier molecular flexibility index (Phi) is 4.29. The molecule has 7 nitrogen and oxygen atoms in total. The summed E-state index contributed by atoms with van der Waals surface area (Å²) in [5.41, 5.74) is 0.589. The highest BCUT2D eigenvalue weighted by Gasteiger charge is 2.14. The lowest BCUT2D eigenvalue weighted by Crippen LogP contribution is -2.26. The topological polar surface area (TPSA) is 86.8 Å². The summed E-state index contributed by atoms with van der Waals surface area (Å²) in [5.74, 6) is 1.94. The third-order valence-electron chi connectivity index (χ3n) is 2.73. The second-order valence-electron chi connectivity index (χ2n) is 4.46. The zero-order valence-corrected chi connectivity index (χ0v) is 11.8. The number of aryl methyl sites for hydroxylation is 1. The molecule has 2 aromatic heterocycles. The van der Waals surface area contributed by atoms with Gasteiger partial charge in [-0.15, -0.1) is 0 Å². The normalized spacial score (nSPS) is 10.3. The average Bonchev–Trinajstić information content (AvgIpc) is 2.84. The highest BCUT2D eigenvalue weighted by Crippen LogP contribution is 2.10. The molecule has 0 aromatic carbocycles. The molecule has 1 amide bonds. The molecule has 2 aromatic rings. The molecule has 20 heavy (non-hydrogen) atoms. The fourth-order valence-electron chi connectivity index (χ4n) is 1.81. The highest BCUT2D eigenvalue weighted by molar-refractivity contribution is 5.94. The van der Waals surface area contributed by atoms with E-state index in [1.807, 2.05) is 13.8 Å². The van der Waals surface area contributed by atoms with Gasteiger partial charge in [0, 0.05) is 25.4 Å². The van der Waals surface area contributed by atoms with Crippen LogP contribution in [-0.2, 0) is 6.54 Å². The molecule has 2 rings (SSSR count). The number of carbonyl (C=O) groups excluding carboxylic acids is 1. The molecule has 0 aliphatic heterocycles. The summed E-state index contributed by atoms with van der Waals surface area (Å²) in [5, 5.41) is 9.87. The van der Waals surface area contributed by atoms with Gasteiger partial charge in [-0.2, -0.15) is 5.10 Å². The molecule has 0 saturated heterocycles. The maximum absolute atomic E-state index is 12.3. The van der Waals surface area contributed by atoms with Gasteiger partial charge in [-0.3, -0.25) is 9.89 Å². The van der Waals surface area contributed by atoms with Crippen LogP contribution in [0, 0.1) is 6.92 Å². The molecule has 106 valence electrons. The van der Waals surface area contributed by atoms with Crippen molar-refractivity contribution in [3.63, 3.8) is 0 Å². The summed E-state index contributed by atoms with van der Waals surface area (Å²) in [6.07, 6.45) is 1.62. The first kappa shape index (κ1) is 14.0. The van der Waals surface area contributed by atoms with Gasteiger partial charge in [-0.1, -0.05) is 0 Å². The Morgan fingerprint density at radius 2 is 2.30 bits per heavy atom. The van der Waals surface area contributed by atoms with Crippen LogP contribution in [0.1, 0.15) is 28.9 Å². The van der Waals surface area contributed by atoms with E-state index in [4.69, 9.17) is 0 Å². The summed E-state index contributed by atoms with van der Waals surface area (Å²) < 4.78 is 0. The van der Waals surface area contributed by atoms with E-state index >= 15 is 0 Å². The maximum atomic E-state index is 12.3. The van der Waals surface area contributed by atoms with Gasteiger partial charge in [0.15, 0.2) is 5.82 Å². The summed E-state index contributed by atoms with van der Waals surface area (Å²) in [6.45, 7) is 4.93. The van der Waals surface area contributed by atoms with Crippen LogP contribution in [0.4, 0.5) is 5.82 Å². The number of carbonyl (C=O) groups is 1. The fourth-order valence-corrected chi connectivity index (χ4v) is 1.81. The Morgan fingerprint density at radius 1 is 1.50 bits per heavy atom. The van der Waals surface area contributed by atoms with Crippen LogP contribution >= 0.6 is 0 Å². The van der Waals surface area contributed by atoms with Crippen molar-refractivity contribution < 1.29 is 4.79 Å². The Balaban J connectivity index is 2.07. The number of rotatable bonds is 5. The number of amides is 1. The molecule has 0 spiro atoms. The lowest BCUT2D eigenvalue weighted by molar-refractivity contribution is 0.0781. The summed E-state index contributed by atoms with van der Waals surface area (Å²) >= 11 is 0. The van der Waals surface area contributed by atoms with Gasteiger partial charge < -0.3 is 10.2 Å². The van der Waals surface area contributed by atoms with E-state index in [9.17, 15) is 4.79 Å². The van der Waals surface area contributed by atoms with Crippen LogP contribution in [0.5, 0.6) is 0 Å². The van der Waals surface area contributed by atoms with E-state index in [-0.39, 0.29) is 5.91 Å². The first-order chi connectivity index (χ1) is 9.60. The molecule has 0 radical (unpaired) electrons. The molecule has 0 aliphatic rings. The van der Waals surface area contributed by atoms with Gasteiger partial charge in [0.1, 0.15) is 11.6 Å². The number of aromatic nitrogens is 4. The van der Waals surface area contributed by atoms with Crippen molar-refractivity contribution in [1.82, 2.24) is 25.1 Å². The van der Waals surface area contributed by atoms with Gasteiger partial charge >= 0.3 is 0 Å². The molecule has 2 N–H and O–H groups in total. The summed E-state index contributed by atoms with van der Waals surface area (Å²) in [4.78, 5) is 22.2. The average molecular weight is 274 g/mol. The van der Waals surface area contributed by atoms with Gasteiger partial charge in [-0.05, 0) is 26.0 Å². The number of H-pyrrole nitrogens is 1. The zero-order chi connectivity index (χ0) is 14.5. The minimum absolute atomic E-state index is 0.0889. The molecule has 0 saturated carbocycles. The molecular weight excluding hydrogens is 256 g/mol. The second kappa shape index (κ2) is 6.14. The van der Waals surface area contributed by atoms with E-state index in [1.165, 1.54) is 0 Å². The molecular formula is C13H18N6O. The smallest absolute Gasteiger partial charge is 0.254 e. The molecule has 2 heterocycles. The molecule has 7 heteroatoms. The van der Waals surface area contributed by atoms with Crippen molar-refractivity contribution in [1.29, 1.82) is 0 Å². The van der Waals surface area contributed by atoms with Crippen molar-refractivity contribution in [2.75, 3.05) is 18.9 Å². The number of nitrogens with one attached hydrogen (secondary N) is 2. The summed E-state index contributed by atoms with van der Waals surface area (Å²) in [7, 11) is 1.72. The molecule has 0 fully saturated rings. The third kappa shape index (κ3) is 3.31. The number of hydrogen-bond acceptors (Lipinski definition) is 5. The van der Waals surface area contributed by atoms with Crippen LogP contribution < -0.4 is 5.32 Å². The Morgan fingerprint density at radius 3 is 2.95 bits per heavy atom. The number of anilines is 1. The quantitative estimate of drug-likeness (QED) is 0.856. The van der Waals surface area contributed by atoms with E-state index in [0.717, 1.165) is 12.4 Å². The minimum atomic E-state index is -0.0889. The fraction of sp³-hybridized carbons (Fsp3) is 0.385. The van der Waals surface area contributed by atoms with E-state index in [1.54, 1.807) is 30.3 Å². The maximum Gasteiger partial charge on any atom is 0.254 e. The first-order valence-electron chi connectivity index (χ1n) is 6.43. The van der Waals surface area contributed by atoms with Gasteiger partial charge in [-0.25, -0.2) is 9.97 Å². The SMILES string of the molecule is CCNc1cc(C(=O)N(C)Cc2n[nH]c(C)n2)ccn1. The number of pyridine rings is 1. The van der Waals surface area contributed by atoms with Gasteiger partial charge in [0.05, 0.1) is 6.54 Å². The van der Waals surface area contributed by atoms with Crippen molar-refractivity contribution >= 4 is 11.7 Å². The largest absolute Gasteiger partial charge is 0.370 e. The Labute approximate surface area is 117 Å². The van der Waals surface area contributed by atoms with Crippen molar-refractivity contribution in [3.8, 4) is 0 Å². The van der Waals surface area contributed by atoms with Crippen molar-refractivity contribution in [2.24, 2.45) is 0 Å². The standard InChI is InChI=1S/C13H18N6O/c1-4-14-11-7-10(5-6-15-11)13(20)19(3)8-12-16-9(2)17-18-12/h5-7H,4,8H2,1-3H3,(H,14,15)(H,16,17,18). The summed E-state index contributed by atoms with van der Waals surface area (Å²) in [6, 6.07) is 3.44. The first-order valence-corrected chi connectivity index (χ1v) is 6.43. The van der Waals surface area contributed by atoms with Gasteiger partial charge in [0.2, 0.25) is 0 Å². The molecule has 0 aliphatic carbocycles. The van der Waals surface area contributed by atoms with Crippen LogP contribution in [0.25, 0.3) is 0 Å². The van der Waals surface area contributed by atoms with Crippen LogP contribution in [-0.4, -0.2) is 44.6 Å². The van der Waals surface area contributed by atoms with Crippen LogP contribution in [0.3, 0.4) is 0 Å². The van der Waals surface area contributed by atoms with E-state index in [0.29, 0.717) is 23.8 Å². The van der Waals surface area contributed by atoms with Crippen LogP contribution in [0.2, 0.25) is 0 Å². The van der Waals surface area contributed by atoms with E-state index < -0.39 is 0 Å². The highest BCUT2D eigenvalue weighted by atomic mass is 16.2. The minimum Gasteiger partial charge on any atom is -0.370 e. The lowest BCUT2D eigenvalue weighted by Gasteiger charge is -2.15. The second-order valence-corrected chi connectivity index (χ2v) is 4.46.